The average molecular weight is 274 g/mol. The van der Waals surface area contributed by atoms with Gasteiger partial charge in [0.05, 0.1) is 11.3 Å². The Kier molecular flexibility index (Phi) is 6.05. The zero-order valence-corrected chi connectivity index (χ0v) is 12.3. The minimum atomic E-state index is -0.776. The van der Waals surface area contributed by atoms with Gasteiger partial charge in [-0.1, -0.05) is 19.9 Å². The van der Waals surface area contributed by atoms with Crippen molar-refractivity contribution in [3.8, 4) is 6.07 Å². The number of anilines is 1. The van der Waals surface area contributed by atoms with Crippen LogP contribution in [0.25, 0.3) is 0 Å². The van der Waals surface area contributed by atoms with Crippen molar-refractivity contribution < 1.29 is 9.90 Å². The molecule has 0 saturated heterocycles. The van der Waals surface area contributed by atoms with Crippen LogP contribution >= 0.6 is 0 Å². The van der Waals surface area contributed by atoms with E-state index in [2.05, 4.69) is 25.2 Å². The first-order valence-electron chi connectivity index (χ1n) is 6.88. The van der Waals surface area contributed by atoms with Crippen molar-refractivity contribution in [1.82, 2.24) is 0 Å². The lowest BCUT2D eigenvalue weighted by molar-refractivity contribution is -0.138. The molecule has 0 bridgehead atoms. The van der Waals surface area contributed by atoms with Crippen LogP contribution < -0.4 is 5.32 Å². The molecule has 1 aromatic carbocycles. The van der Waals surface area contributed by atoms with Crippen molar-refractivity contribution in [1.29, 1.82) is 5.26 Å². The Balaban J connectivity index is 2.74. The van der Waals surface area contributed by atoms with E-state index in [9.17, 15) is 4.79 Å². The van der Waals surface area contributed by atoms with E-state index in [0.717, 1.165) is 17.7 Å². The van der Waals surface area contributed by atoms with Crippen LogP contribution in [0.15, 0.2) is 18.2 Å². The van der Waals surface area contributed by atoms with Gasteiger partial charge >= 0.3 is 5.97 Å². The Morgan fingerprint density at radius 1 is 1.45 bits per heavy atom. The number of nitrogens with one attached hydrogen (secondary N) is 1. The molecule has 1 aromatic rings. The minimum absolute atomic E-state index is 0.0690. The van der Waals surface area contributed by atoms with Crippen LogP contribution in [0.1, 0.15) is 37.8 Å². The third kappa shape index (κ3) is 5.31. The molecule has 4 heteroatoms. The van der Waals surface area contributed by atoms with Gasteiger partial charge in [-0.05, 0) is 42.9 Å². The highest BCUT2D eigenvalue weighted by atomic mass is 16.4. The van der Waals surface area contributed by atoms with E-state index >= 15 is 0 Å². The molecule has 1 unspecified atom stereocenters. The zero-order chi connectivity index (χ0) is 15.1. The number of carboxylic acids is 1. The number of rotatable bonds is 7. The highest BCUT2D eigenvalue weighted by Gasteiger charge is 2.15. The predicted molar refractivity (Wildman–Crippen MR) is 79.6 cm³/mol. The summed E-state index contributed by atoms with van der Waals surface area (Å²) >= 11 is 0. The van der Waals surface area contributed by atoms with Gasteiger partial charge in [0.15, 0.2) is 0 Å². The molecule has 20 heavy (non-hydrogen) atoms. The third-order valence-electron chi connectivity index (χ3n) is 3.14. The van der Waals surface area contributed by atoms with Crippen molar-refractivity contribution in [2.45, 2.75) is 33.6 Å². The van der Waals surface area contributed by atoms with Crippen molar-refractivity contribution in [3.05, 3.63) is 29.3 Å². The molecular formula is C16H22N2O2. The number of carbonyl (C=O) groups is 1. The number of hydrogen-bond acceptors (Lipinski definition) is 3. The van der Waals surface area contributed by atoms with Crippen LogP contribution in [0.5, 0.6) is 0 Å². The molecule has 0 fully saturated rings. The molecule has 0 aliphatic heterocycles. The van der Waals surface area contributed by atoms with Gasteiger partial charge in [0.1, 0.15) is 6.07 Å². The van der Waals surface area contributed by atoms with Gasteiger partial charge in [-0.25, -0.2) is 0 Å². The number of nitrogens with zero attached hydrogens (tertiary/aromatic N) is 1. The SMILES string of the molecule is Cc1ccc(C#N)c(NCC(CC(=O)O)CC(C)C)c1. The molecule has 0 heterocycles. The van der Waals surface area contributed by atoms with Crippen LogP contribution in [0, 0.1) is 30.1 Å². The number of aryl methyl sites for hydroxylation is 1. The standard InChI is InChI=1S/C16H22N2O2/c1-11(2)6-13(8-16(19)20)10-18-15-7-12(3)4-5-14(15)9-17/h4-5,7,11,13,18H,6,8,10H2,1-3H3,(H,19,20). The second-order valence-corrected chi connectivity index (χ2v) is 5.64. The Labute approximate surface area is 120 Å². The number of benzene rings is 1. The van der Waals surface area contributed by atoms with E-state index in [-0.39, 0.29) is 12.3 Å². The Morgan fingerprint density at radius 2 is 2.15 bits per heavy atom. The van der Waals surface area contributed by atoms with Gasteiger partial charge in [-0.2, -0.15) is 5.26 Å². The lowest BCUT2D eigenvalue weighted by Crippen LogP contribution is -2.20. The normalized spacial score (nSPS) is 11.9. The first kappa shape index (κ1) is 16.0. The van der Waals surface area contributed by atoms with E-state index in [1.54, 1.807) is 6.07 Å². The van der Waals surface area contributed by atoms with Gasteiger partial charge in [0.2, 0.25) is 0 Å². The van der Waals surface area contributed by atoms with Crippen LogP contribution in [0.3, 0.4) is 0 Å². The Hall–Kier alpha value is -2.02. The number of hydrogen-bond donors (Lipinski definition) is 2. The van der Waals surface area contributed by atoms with E-state index in [1.165, 1.54) is 0 Å². The minimum Gasteiger partial charge on any atom is -0.481 e. The first-order chi connectivity index (χ1) is 9.42. The van der Waals surface area contributed by atoms with Crippen LogP contribution in [0.2, 0.25) is 0 Å². The quantitative estimate of drug-likeness (QED) is 0.799. The van der Waals surface area contributed by atoms with E-state index in [1.807, 2.05) is 19.1 Å². The molecule has 4 nitrogen and oxygen atoms in total. The van der Waals surface area contributed by atoms with Gasteiger partial charge in [0.25, 0.3) is 0 Å². The summed E-state index contributed by atoms with van der Waals surface area (Å²) in [7, 11) is 0. The van der Waals surface area contributed by atoms with Crippen LogP contribution in [0.4, 0.5) is 5.69 Å². The van der Waals surface area contributed by atoms with Gasteiger partial charge < -0.3 is 10.4 Å². The lowest BCUT2D eigenvalue weighted by atomic mass is 9.94. The topological polar surface area (TPSA) is 73.1 Å². The van der Waals surface area contributed by atoms with Crippen molar-refractivity contribution >= 4 is 11.7 Å². The molecule has 0 aromatic heterocycles. The second-order valence-electron chi connectivity index (χ2n) is 5.64. The van der Waals surface area contributed by atoms with E-state index in [4.69, 9.17) is 10.4 Å². The molecule has 0 amide bonds. The lowest BCUT2D eigenvalue weighted by Gasteiger charge is -2.19. The second kappa shape index (κ2) is 7.54. The van der Waals surface area contributed by atoms with E-state index < -0.39 is 5.97 Å². The monoisotopic (exact) mass is 274 g/mol. The molecule has 0 saturated carbocycles. The van der Waals surface area contributed by atoms with Gasteiger partial charge in [0, 0.05) is 13.0 Å². The Morgan fingerprint density at radius 3 is 2.70 bits per heavy atom. The first-order valence-corrected chi connectivity index (χ1v) is 6.88. The summed E-state index contributed by atoms with van der Waals surface area (Å²) in [6.45, 7) is 6.71. The summed E-state index contributed by atoms with van der Waals surface area (Å²) in [5.41, 5.74) is 2.45. The summed E-state index contributed by atoms with van der Waals surface area (Å²) in [6.07, 6.45) is 1.01. The molecule has 2 N–H and O–H groups in total. The fraction of sp³-hybridized carbons (Fsp3) is 0.500. The molecule has 108 valence electrons. The Bertz CT molecular complexity index is 504. The van der Waals surface area contributed by atoms with Crippen molar-refractivity contribution in [2.75, 3.05) is 11.9 Å². The number of carboxylic acid groups (broad SMARTS) is 1. The van der Waals surface area contributed by atoms with Crippen molar-refractivity contribution in [3.63, 3.8) is 0 Å². The molecule has 1 atom stereocenters. The van der Waals surface area contributed by atoms with Gasteiger partial charge in [-0.15, -0.1) is 0 Å². The highest BCUT2D eigenvalue weighted by Crippen LogP contribution is 2.20. The maximum absolute atomic E-state index is 10.9. The van der Waals surface area contributed by atoms with E-state index in [0.29, 0.717) is 18.0 Å². The molecular weight excluding hydrogens is 252 g/mol. The average Bonchev–Trinajstić information content (AvgIpc) is 2.34. The molecule has 0 aliphatic rings. The van der Waals surface area contributed by atoms with Crippen LogP contribution in [-0.2, 0) is 4.79 Å². The summed E-state index contributed by atoms with van der Waals surface area (Å²) in [5, 5.41) is 21.3. The summed E-state index contributed by atoms with van der Waals surface area (Å²) in [5.74, 6) is -0.254. The summed E-state index contributed by atoms with van der Waals surface area (Å²) in [4.78, 5) is 10.9. The maximum atomic E-state index is 10.9. The smallest absolute Gasteiger partial charge is 0.303 e. The fourth-order valence-electron chi connectivity index (χ4n) is 2.31. The third-order valence-corrected chi connectivity index (χ3v) is 3.14. The molecule has 1 rings (SSSR count). The summed E-state index contributed by atoms with van der Waals surface area (Å²) < 4.78 is 0. The molecule has 0 radical (unpaired) electrons. The van der Waals surface area contributed by atoms with Crippen molar-refractivity contribution in [2.24, 2.45) is 11.8 Å². The van der Waals surface area contributed by atoms with Gasteiger partial charge in [-0.3, -0.25) is 4.79 Å². The maximum Gasteiger partial charge on any atom is 0.303 e. The van der Waals surface area contributed by atoms with Crippen LogP contribution in [-0.4, -0.2) is 17.6 Å². The largest absolute Gasteiger partial charge is 0.481 e. The fourth-order valence-corrected chi connectivity index (χ4v) is 2.31. The number of aliphatic carboxylic acids is 1. The summed E-state index contributed by atoms with van der Waals surface area (Å²) in [6, 6.07) is 7.75. The number of nitriles is 1. The predicted octanol–water partition coefficient (Wildman–Crippen LogP) is 3.42. The molecule has 0 aliphatic carbocycles. The molecule has 0 spiro atoms. The zero-order valence-electron chi connectivity index (χ0n) is 12.3. The highest BCUT2D eigenvalue weighted by molar-refractivity contribution is 5.67.